The molecule has 0 amide bonds. The fourth-order valence-corrected chi connectivity index (χ4v) is 7.25. The first-order valence-electron chi connectivity index (χ1n) is 16.1. The van der Waals surface area contributed by atoms with Crippen molar-refractivity contribution >= 4 is 0 Å². The topological polar surface area (TPSA) is 23.8 Å². The molecule has 0 radical (unpaired) electrons. The van der Waals surface area contributed by atoms with Gasteiger partial charge in [0, 0.05) is 5.92 Å². The van der Waals surface area contributed by atoms with Crippen molar-refractivity contribution in [2.75, 3.05) is 0 Å². The highest BCUT2D eigenvalue weighted by molar-refractivity contribution is 4.87. The third-order valence-electron chi connectivity index (χ3n) is 11.0. The van der Waals surface area contributed by atoms with Gasteiger partial charge in [0.15, 0.2) is 0 Å². The average Bonchev–Trinajstić information content (AvgIpc) is 2.89. The first kappa shape index (κ1) is 32.5. The molecule has 1 aliphatic carbocycles. The largest absolute Gasteiger partial charge is 0.198 e. The molecule has 0 aromatic carbocycles. The molecular formula is C34H65N. The Kier molecular flexibility index (Phi) is 16.6. The lowest BCUT2D eigenvalue weighted by Crippen LogP contribution is -2.24. The predicted octanol–water partition coefficient (Wildman–Crippen LogP) is 11.6. The molecule has 1 heteroatoms. The quantitative estimate of drug-likeness (QED) is 0.166. The van der Waals surface area contributed by atoms with Gasteiger partial charge in [-0.3, -0.25) is 0 Å². The van der Waals surface area contributed by atoms with Crippen LogP contribution in [0.1, 0.15) is 165 Å². The van der Waals surface area contributed by atoms with Gasteiger partial charge in [0.05, 0.1) is 6.07 Å². The summed E-state index contributed by atoms with van der Waals surface area (Å²) >= 11 is 0. The van der Waals surface area contributed by atoms with Crippen LogP contribution < -0.4 is 0 Å². The summed E-state index contributed by atoms with van der Waals surface area (Å²) < 4.78 is 0. The minimum absolute atomic E-state index is 0.179. The van der Waals surface area contributed by atoms with E-state index in [2.05, 4.69) is 61.5 Å². The first-order chi connectivity index (χ1) is 16.7. The number of rotatable bonds is 19. The molecule has 0 heterocycles. The zero-order valence-corrected chi connectivity index (χ0v) is 25.5. The molecule has 0 spiro atoms. The minimum Gasteiger partial charge on any atom is -0.198 e. The molecule has 1 fully saturated rings. The standard InChI is InChI=1S/C34H65N/c1-9-18-32(29(7)28(6)27(5)26-35)21-15-13-14-19-30-20-16-22-33(25-30)31(10-2)23-17-24-34(8,11-3)12-4/h27-33H,9-25H2,1-8H3. The van der Waals surface area contributed by atoms with E-state index in [4.69, 9.17) is 0 Å². The van der Waals surface area contributed by atoms with Crippen molar-refractivity contribution in [2.45, 2.75) is 165 Å². The third kappa shape index (κ3) is 11.6. The zero-order chi connectivity index (χ0) is 26.3. The third-order valence-corrected chi connectivity index (χ3v) is 11.0. The monoisotopic (exact) mass is 488 g/mol. The first-order valence-corrected chi connectivity index (χ1v) is 16.1. The van der Waals surface area contributed by atoms with Crippen molar-refractivity contribution in [1.29, 1.82) is 5.26 Å². The molecule has 1 rings (SSSR count). The van der Waals surface area contributed by atoms with Crippen molar-refractivity contribution in [3.63, 3.8) is 0 Å². The van der Waals surface area contributed by atoms with Gasteiger partial charge in [0.2, 0.25) is 0 Å². The lowest BCUT2D eigenvalue weighted by Gasteiger charge is -2.35. The molecule has 0 bridgehead atoms. The maximum atomic E-state index is 9.35. The summed E-state index contributed by atoms with van der Waals surface area (Å²) in [6.45, 7) is 18.9. The molecule has 0 aromatic rings. The molecule has 0 aliphatic heterocycles. The number of nitrogens with zero attached hydrogens (tertiary/aromatic N) is 1. The van der Waals surface area contributed by atoms with Gasteiger partial charge in [-0.15, -0.1) is 0 Å². The number of hydrogen-bond donors (Lipinski definition) is 0. The van der Waals surface area contributed by atoms with Crippen molar-refractivity contribution in [3.05, 3.63) is 0 Å². The van der Waals surface area contributed by atoms with E-state index in [1.165, 1.54) is 109 Å². The maximum absolute atomic E-state index is 9.35. The Morgan fingerprint density at radius 1 is 0.857 bits per heavy atom. The van der Waals surface area contributed by atoms with Gasteiger partial charge >= 0.3 is 0 Å². The van der Waals surface area contributed by atoms with Crippen LogP contribution in [0.5, 0.6) is 0 Å². The van der Waals surface area contributed by atoms with Crippen molar-refractivity contribution < 1.29 is 0 Å². The van der Waals surface area contributed by atoms with Gasteiger partial charge in [-0.25, -0.2) is 0 Å². The zero-order valence-electron chi connectivity index (χ0n) is 25.5. The van der Waals surface area contributed by atoms with Gasteiger partial charge in [-0.1, -0.05) is 145 Å². The van der Waals surface area contributed by atoms with Crippen LogP contribution >= 0.6 is 0 Å². The lowest BCUT2D eigenvalue weighted by atomic mass is 9.70. The minimum atomic E-state index is 0.179. The summed E-state index contributed by atoms with van der Waals surface area (Å²) in [5, 5.41) is 9.35. The fourth-order valence-electron chi connectivity index (χ4n) is 7.25. The Balaban J connectivity index is 2.39. The average molecular weight is 488 g/mol. The number of nitriles is 1. The van der Waals surface area contributed by atoms with Crippen LogP contribution in [0.2, 0.25) is 0 Å². The normalized spacial score (nSPS) is 23.3. The van der Waals surface area contributed by atoms with Crippen LogP contribution in [0.25, 0.3) is 0 Å². The highest BCUT2D eigenvalue weighted by Crippen LogP contribution is 2.41. The summed E-state index contributed by atoms with van der Waals surface area (Å²) in [4.78, 5) is 0. The Morgan fingerprint density at radius 2 is 1.57 bits per heavy atom. The van der Waals surface area contributed by atoms with E-state index in [-0.39, 0.29) is 5.92 Å². The summed E-state index contributed by atoms with van der Waals surface area (Å²) in [5.41, 5.74) is 0.577. The molecule has 7 unspecified atom stereocenters. The summed E-state index contributed by atoms with van der Waals surface area (Å²) in [7, 11) is 0. The Labute approximate surface area is 222 Å². The maximum Gasteiger partial charge on any atom is 0.0655 e. The highest BCUT2D eigenvalue weighted by atomic mass is 14.4. The van der Waals surface area contributed by atoms with Gasteiger partial charge in [0.25, 0.3) is 0 Å². The SMILES string of the molecule is CCCC(CCCCCC1CCCC(C(CC)CCCC(C)(CC)CC)C1)C(C)C(C)C(C)C#N. The molecule has 0 N–H and O–H groups in total. The molecule has 1 nitrogen and oxygen atoms in total. The second-order valence-corrected chi connectivity index (χ2v) is 13.2. The van der Waals surface area contributed by atoms with E-state index in [1.54, 1.807) is 0 Å². The second kappa shape index (κ2) is 17.9. The van der Waals surface area contributed by atoms with E-state index in [9.17, 15) is 5.26 Å². The van der Waals surface area contributed by atoms with E-state index in [1.807, 2.05) is 0 Å². The molecule has 35 heavy (non-hydrogen) atoms. The Bertz CT molecular complexity index is 555. The highest BCUT2D eigenvalue weighted by Gasteiger charge is 2.29. The van der Waals surface area contributed by atoms with Crippen LogP contribution in [-0.4, -0.2) is 0 Å². The van der Waals surface area contributed by atoms with E-state index < -0.39 is 0 Å². The van der Waals surface area contributed by atoms with Gasteiger partial charge in [-0.05, 0) is 60.7 Å². The molecule has 0 saturated heterocycles. The molecule has 7 atom stereocenters. The molecule has 206 valence electrons. The fraction of sp³-hybridized carbons (Fsp3) is 0.971. The van der Waals surface area contributed by atoms with Gasteiger partial charge < -0.3 is 0 Å². The summed E-state index contributed by atoms with van der Waals surface area (Å²) in [6, 6.07) is 2.49. The van der Waals surface area contributed by atoms with Crippen LogP contribution in [0.15, 0.2) is 0 Å². The molecule has 1 aliphatic rings. The second-order valence-electron chi connectivity index (χ2n) is 13.2. The van der Waals surface area contributed by atoms with Crippen LogP contribution in [0.4, 0.5) is 0 Å². The summed E-state index contributed by atoms with van der Waals surface area (Å²) in [5.74, 6) is 5.15. The summed E-state index contributed by atoms with van der Waals surface area (Å²) in [6.07, 6.45) is 24.1. The van der Waals surface area contributed by atoms with E-state index in [0.717, 1.165) is 23.7 Å². The van der Waals surface area contributed by atoms with E-state index in [0.29, 0.717) is 17.3 Å². The van der Waals surface area contributed by atoms with Crippen LogP contribution in [-0.2, 0) is 0 Å². The number of hydrogen-bond acceptors (Lipinski definition) is 1. The van der Waals surface area contributed by atoms with E-state index >= 15 is 0 Å². The Hall–Kier alpha value is -0.510. The lowest BCUT2D eigenvalue weighted by molar-refractivity contribution is 0.163. The van der Waals surface area contributed by atoms with Crippen LogP contribution in [0.3, 0.4) is 0 Å². The molecule has 1 saturated carbocycles. The number of unbranched alkanes of at least 4 members (excludes halogenated alkanes) is 2. The predicted molar refractivity (Wildman–Crippen MR) is 156 cm³/mol. The Morgan fingerprint density at radius 3 is 2.17 bits per heavy atom. The van der Waals surface area contributed by atoms with Crippen molar-refractivity contribution in [2.24, 2.45) is 46.8 Å². The smallest absolute Gasteiger partial charge is 0.0655 e. The van der Waals surface area contributed by atoms with Crippen molar-refractivity contribution in [3.8, 4) is 6.07 Å². The van der Waals surface area contributed by atoms with Crippen molar-refractivity contribution in [1.82, 2.24) is 0 Å². The molecular weight excluding hydrogens is 422 g/mol. The van der Waals surface area contributed by atoms with Crippen LogP contribution in [0, 0.1) is 58.2 Å². The van der Waals surface area contributed by atoms with Gasteiger partial charge in [0.1, 0.15) is 0 Å². The molecule has 0 aromatic heterocycles. The van der Waals surface area contributed by atoms with Gasteiger partial charge in [-0.2, -0.15) is 5.26 Å².